The topological polar surface area (TPSA) is 48.5 Å². The number of pyridine rings is 1. The number of carbonyl (C=O) groups excluding carboxylic acids is 1. The van der Waals surface area contributed by atoms with Crippen molar-refractivity contribution in [3.63, 3.8) is 0 Å². The number of nitrogens with zero attached hydrogens (tertiary/aromatic N) is 3. The molecule has 0 spiro atoms. The first-order valence-corrected chi connectivity index (χ1v) is 10.4. The van der Waals surface area contributed by atoms with Crippen LogP contribution in [0.3, 0.4) is 0 Å². The average Bonchev–Trinajstić information content (AvgIpc) is 2.73. The standard InChI is InChI=1S/C23H30N4O/c1-26-10-12-27(13-11-26)22-9-7-19(16-24-22)17-25-23(28)15-18-6-8-20-4-2-3-5-21(20)14-18/h6-9,14,16H,2-5,10-13,15,17H2,1H3,(H,25,28). The number of anilines is 1. The van der Waals surface area contributed by atoms with Gasteiger partial charge in [0.25, 0.3) is 0 Å². The van der Waals surface area contributed by atoms with Gasteiger partial charge in [0.15, 0.2) is 0 Å². The molecule has 28 heavy (non-hydrogen) atoms. The lowest BCUT2D eigenvalue weighted by atomic mass is 9.90. The molecule has 0 saturated carbocycles. The maximum Gasteiger partial charge on any atom is 0.224 e. The predicted octanol–water partition coefficient (Wildman–Crippen LogP) is 2.57. The third-order valence-electron chi connectivity index (χ3n) is 5.90. The van der Waals surface area contributed by atoms with E-state index in [1.807, 2.05) is 6.20 Å². The third kappa shape index (κ3) is 4.71. The normalized spacial score (nSPS) is 17.2. The van der Waals surface area contributed by atoms with Gasteiger partial charge in [-0.1, -0.05) is 24.3 Å². The van der Waals surface area contributed by atoms with Crippen LogP contribution in [0.25, 0.3) is 0 Å². The minimum atomic E-state index is 0.0684. The van der Waals surface area contributed by atoms with Gasteiger partial charge in [-0.3, -0.25) is 4.79 Å². The number of hydrogen-bond acceptors (Lipinski definition) is 4. The SMILES string of the molecule is CN1CCN(c2ccc(CNC(=O)Cc3ccc4c(c3)CCCC4)cn2)CC1. The number of nitrogens with one attached hydrogen (secondary N) is 1. The summed E-state index contributed by atoms with van der Waals surface area (Å²) >= 11 is 0. The number of benzene rings is 1. The Labute approximate surface area is 167 Å². The minimum Gasteiger partial charge on any atom is -0.354 e. The van der Waals surface area contributed by atoms with E-state index in [4.69, 9.17) is 0 Å². The van der Waals surface area contributed by atoms with E-state index >= 15 is 0 Å². The number of rotatable bonds is 5. The van der Waals surface area contributed by atoms with Crippen LogP contribution in [-0.2, 0) is 30.6 Å². The summed E-state index contributed by atoms with van der Waals surface area (Å²) in [6.45, 7) is 4.70. The number of hydrogen-bond donors (Lipinski definition) is 1. The molecule has 1 fully saturated rings. The van der Waals surface area contributed by atoms with E-state index in [-0.39, 0.29) is 5.91 Å². The van der Waals surface area contributed by atoms with Gasteiger partial charge in [0, 0.05) is 38.9 Å². The molecule has 1 aromatic heterocycles. The molecule has 2 aliphatic rings. The molecule has 0 radical (unpaired) electrons. The molecule has 1 amide bonds. The predicted molar refractivity (Wildman–Crippen MR) is 113 cm³/mol. The molecule has 1 N–H and O–H groups in total. The summed E-state index contributed by atoms with van der Waals surface area (Å²) in [7, 11) is 2.15. The molecule has 1 aromatic carbocycles. The van der Waals surface area contributed by atoms with Gasteiger partial charge in [0.05, 0.1) is 6.42 Å². The number of fused-ring (bicyclic) bond motifs is 1. The van der Waals surface area contributed by atoms with E-state index in [1.54, 1.807) is 0 Å². The highest BCUT2D eigenvalue weighted by Gasteiger charge is 2.15. The Balaban J connectivity index is 1.27. The van der Waals surface area contributed by atoms with E-state index in [9.17, 15) is 4.79 Å². The van der Waals surface area contributed by atoms with Crippen molar-refractivity contribution in [1.29, 1.82) is 0 Å². The van der Waals surface area contributed by atoms with Crippen LogP contribution in [0.5, 0.6) is 0 Å². The summed E-state index contributed by atoms with van der Waals surface area (Å²) in [5, 5.41) is 3.03. The van der Waals surface area contributed by atoms with Crippen LogP contribution in [0.4, 0.5) is 5.82 Å². The van der Waals surface area contributed by atoms with Gasteiger partial charge < -0.3 is 15.1 Å². The van der Waals surface area contributed by atoms with Crippen LogP contribution in [0, 0.1) is 0 Å². The van der Waals surface area contributed by atoms with Gasteiger partial charge >= 0.3 is 0 Å². The lowest BCUT2D eigenvalue weighted by Gasteiger charge is -2.33. The fourth-order valence-corrected chi connectivity index (χ4v) is 4.09. The molecule has 1 aliphatic heterocycles. The second kappa shape index (κ2) is 8.74. The van der Waals surface area contributed by atoms with Crippen molar-refractivity contribution in [2.75, 3.05) is 38.1 Å². The lowest BCUT2D eigenvalue weighted by Crippen LogP contribution is -2.44. The highest BCUT2D eigenvalue weighted by Crippen LogP contribution is 2.22. The molecule has 5 nitrogen and oxygen atoms in total. The maximum atomic E-state index is 12.4. The van der Waals surface area contributed by atoms with E-state index in [1.165, 1.54) is 30.4 Å². The van der Waals surface area contributed by atoms with Crippen molar-refractivity contribution in [3.05, 3.63) is 58.8 Å². The van der Waals surface area contributed by atoms with Gasteiger partial charge in [-0.2, -0.15) is 0 Å². The number of piperazine rings is 1. The first kappa shape index (κ1) is 18.9. The number of amides is 1. The van der Waals surface area contributed by atoms with Crippen molar-refractivity contribution < 1.29 is 4.79 Å². The van der Waals surface area contributed by atoms with Crippen molar-refractivity contribution in [1.82, 2.24) is 15.2 Å². The van der Waals surface area contributed by atoms with Crippen LogP contribution >= 0.6 is 0 Å². The fraction of sp³-hybridized carbons (Fsp3) is 0.478. The van der Waals surface area contributed by atoms with Crippen LogP contribution in [0.15, 0.2) is 36.5 Å². The van der Waals surface area contributed by atoms with E-state index in [0.29, 0.717) is 13.0 Å². The summed E-state index contributed by atoms with van der Waals surface area (Å²) in [4.78, 5) is 21.6. The summed E-state index contributed by atoms with van der Waals surface area (Å²) in [5.74, 6) is 1.09. The molecule has 0 atom stereocenters. The summed E-state index contributed by atoms with van der Waals surface area (Å²) in [5.41, 5.74) is 5.04. The Hall–Kier alpha value is -2.40. The smallest absolute Gasteiger partial charge is 0.224 e. The minimum absolute atomic E-state index is 0.0684. The zero-order chi connectivity index (χ0) is 19.3. The fourth-order valence-electron chi connectivity index (χ4n) is 4.09. The zero-order valence-corrected chi connectivity index (χ0v) is 16.8. The molecular formula is C23H30N4O. The number of aromatic nitrogens is 1. The Kier molecular flexibility index (Phi) is 5.91. The molecule has 2 heterocycles. The lowest BCUT2D eigenvalue weighted by molar-refractivity contribution is -0.120. The maximum absolute atomic E-state index is 12.4. The molecule has 0 unspecified atom stereocenters. The van der Waals surface area contributed by atoms with Crippen LogP contribution in [-0.4, -0.2) is 49.0 Å². The third-order valence-corrected chi connectivity index (χ3v) is 5.90. The number of carbonyl (C=O) groups is 1. The van der Waals surface area contributed by atoms with Gasteiger partial charge in [0.1, 0.15) is 5.82 Å². The first-order valence-electron chi connectivity index (χ1n) is 10.4. The first-order chi connectivity index (χ1) is 13.7. The molecule has 4 rings (SSSR count). The number of aryl methyl sites for hydroxylation is 2. The molecule has 5 heteroatoms. The molecule has 0 bridgehead atoms. The average molecular weight is 379 g/mol. The Morgan fingerprint density at radius 3 is 2.50 bits per heavy atom. The van der Waals surface area contributed by atoms with Gasteiger partial charge in [-0.05, 0) is 61.1 Å². The van der Waals surface area contributed by atoms with Crippen molar-refractivity contribution in [2.24, 2.45) is 0 Å². The molecule has 1 aliphatic carbocycles. The van der Waals surface area contributed by atoms with Gasteiger partial charge in [-0.25, -0.2) is 4.98 Å². The van der Waals surface area contributed by atoms with Crippen molar-refractivity contribution in [2.45, 2.75) is 38.6 Å². The summed E-state index contributed by atoms with van der Waals surface area (Å²) in [6.07, 6.45) is 7.20. The van der Waals surface area contributed by atoms with Gasteiger partial charge in [0.2, 0.25) is 5.91 Å². The highest BCUT2D eigenvalue weighted by molar-refractivity contribution is 5.78. The van der Waals surface area contributed by atoms with E-state index < -0.39 is 0 Å². The summed E-state index contributed by atoms with van der Waals surface area (Å²) < 4.78 is 0. The van der Waals surface area contributed by atoms with Crippen LogP contribution in [0.2, 0.25) is 0 Å². The van der Waals surface area contributed by atoms with Crippen LogP contribution < -0.4 is 10.2 Å². The quantitative estimate of drug-likeness (QED) is 0.869. The second-order valence-electron chi connectivity index (χ2n) is 8.08. The highest BCUT2D eigenvalue weighted by atomic mass is 16.1. The van der Waals surface area contributed by atoms with Crippen LogP contribution in [0.1, 0.15) is 35.1 Å². The molecular weight excluding hydrogens is 348 g/mol. The summed E-state index contributed by atoms with van der Waals surface area (Å²) in [6, 6.07) is 10.7. The van der Waals surface area contributed by atoms with Gasteiger partial charge in [-0.15, -0.1) is 0 Å². The second-order valence-corrected chi connectivity index (χ2v) is 8.08. The monoisotopic (exact) mass is 378 g/mol. The van der Waals surface area contributed by atoms with Crippen molar-refractivity contribution in [3.8, 4) is 0 Å². The van der Waals surface area contributed by atoms with E-state index in [0.717, 1.165) is 49.5 Å². The Morgan fingerprint density at radius 1 is 1.00 bits per heavy atom. The molecule has 2 aromatic rings. The molecule has 148 valence electrons. The van der Waals surface area contributed by atoms with E-state index in [2.05, 4.69) is 57.5 Å². The Bertz CT molecular complexity index is 810. The largest absolute Gasteiger partial charge is 0.354 e. The van der Waals surface area contributed by atoms with Crippen molar-refractivity contribution >= 4 is 11.7 Å². The Morgan fingerprint density at radius 2 is 1.75 bits per heavy atom. The number of likely N-dealkylation sites (N-methyl/N-ethyl adjacent to an activating group) is 1. The zero-order valence-electron chi connectivity index (χ0n) is 16.8. The molecule has 1 saturated heterocycles.